The second-order valence-corrected chi connectivity index (χ2v) is 11.1. The number of hydrogen-bond acceptors (Lipinski definition) is 4. The van der Waals surface area contributed by atoms with Gasteiger partial charge in [-0.05, 0) is 43.2 Å². The minimum absolute atomic E-state index is 0.0107. The first-order chi connectivity index (χ1) is 15.9. The van der Waals surface area contributed by atoms with Crippen LogP contribution in [-0.2, 0) is 26.2 Å². The summed E-state index contributed by atoms with van der Waals surface area (Å²) in [5, 5.41) is 3.60. The van der Waals surface area contributed by atoms with Crippen molar-refractivity contribution in [1.29, 1.82) is 0 Å². The number of hydrogen-bond donors (Lipinski definition) is 1. The van der Waals surface area contributed by atoms with Crippen molar-refractivity contribution < 1.29 is 18.0 Å². The highest BCUT2D eigenvalue weighted by atomic mass is 35.5. The number of nitrogens with one attached hydrogen (secondary N) is 1. The lowest BCUT2D eigenvalue weighted by Crippen LogP contribution is -2.51. The summed E-state index contributed by atoms with van der Waals surface area (Å²) >= 11 is 24.6. The van der Waals surface area contributed by atoms with Crippen LogP contribution in [0.1, 0.15) is 25.8 Å². The maximum Gasteiger partial charge on any atom is 0.244 e. The van der Waals surface area contributed by atoms with Crippen LogP contribution >= 0.6 is 46.4 Å². The Morgan fingerprint density at radius 3 is 2.32 bits per heavy atom. The van der Waals surface area contributed by atoms with Gasteiger partial charge >= 0.3 is 0 Å². The number of rotatable bonds is 10. The summed E-state index contributed by atoms with van der Waals surface area (Å²) < 4.78 is 26.0. The third kappa shape index (κ3) is 7.39. The molecule has 0 aliphatic heterocycles. The summed E-state index contributed by atoms with van der Waals surface area (Å²) in [6, 6.07) is 8.34. The van der Waals surface area contributed by atoms with E-state index >= 15 is 0 Å². The van der Waals surface area contributed by atoms with Crippen LogP contribution in [0.5, 0.6) is 0 Å². The Morgan fingerprint density at radius 1 is 1.06 bits per heavy atom. The molecule has 186 valence electrons. The van der Waals surface area contributed by atoms with E-state index in [1.807, 2.05) is 6.92 Å². The van der Waals surface area contributed by atoms with Crippen LogP contribution in [0.2, 0.25) is 20.1 Å². The molecule has 0 radical (unpaired) electrons. The van der Waals surface area contributed by atoms with E-state index in [4.69, 9.17) is 46.4 Å². The first-order valence-corrected chi connectivity index (χ1v) is 13.7. The second-order valence-electron chi connectivity index (χ2n) is 7.57. The standard InChI is InChI=1S/C22H25Cl4N3O4S/c1-4-10-27-22(31)14(2)28(12-15-8-9-16(23)11-18(15)25)20(30)13-29(34(3,32)33)19-7-5-6-17(24)21(19)26/h5-9,11,14H,4,10,12-13H2,1-3H3,(H,27,31)/t14-/m0/s1. The fourth-order valence-electron chi connectivity index (χ4n) is 3.09. The van der Waals surface area contributed by atoms with E-state index in [9.17, 15) is 18.0 Å². The molecule has 0 aromatic heterocycles. The maximum absolute atomic E-state index is 13.5. The molecular formula is C22H25Cl4N3O4S. The van der Waals surface area contributed by atoms with Crippen molar-refractivity contribution in [3.05, 3.63) is 62.1 Å². The van der Waals surface area contributed by atoms with Gasteiger partial charge in [-0.3, -0.25) is 13.9 Å². The SMILES string of the molecule is CCCNC(=O)[C@H](C)N(Cc1ccc(Cl)cc1Cl)C(=O)CN(c1cccc(Cl)c1Cl)S(C)(=O)=O. The fourth-order valence-corrected chi connectivity index (χ4v) is 4.86. The molecule has 0 fully saturated rings. The van der Waals surface area contributed by atoms with E-state index in [1.165, 1.54) is 29.2 Å². The van der Waals surface area contributed by atoms with Crippen molar-refractivity contribution in [2.75, 3.05) is 23.7 Å². The lowest BCUT2D eigenvalue weighted by Gasteiger charge is -2.32. The molecule has 34 heavy (non-hydrogen) atoms. The van der Waals surface area contributed by atoms with E-state index in [1.54, 1.807) is 19.1 Å². The summed E-state index contributed by atoms with van der Waals surface area (Å²) in [6.45, 7) is 3.25. The molecule has 2 amide bonds. The van der Waals surface area contributed by atoms with Crippen LogP contribution in [0, 0.1) is 0 Å². The van der Waals surface area contributed by atoms with Crippen LogP contribution < -0.4 is 9.62 Å². The molecule has 2 rings (SSSR count). The summed E-state index contributed by atoms with van der Waals surface area (Å²) in [5.41, 5.74) is 0.596. The van der Waals surface area contributed by atoms with Crippen molar-refractivity contribution in [2.45, 2.75) is 32.9 Å². The zero-order valence-electron chi connectivity index (χ0n) is 18.8. The number of carbonyl (C=O) groups is 2. The molecule has 2 aromatic rings. The Bertz CT molecular complexity index is 1160. The second kappa shape index (κ2) is 12.3. The first kappa shape index (κ1) is 28.5. The van der Waals surface area contributed by atoms with Crippen molar-refractivity contribution in [1.82, 2.24) is 10.2 Å². The molecule has 0 spiro atoms. The van der Waals surface area contributed by atoms with Gasteiger partial charge in [0.1, 0.15) is 12.6 Å². The molecule has 7 nitrogen and oxygen atoms in total. The van der Waals surface area contributed by atoms with Gasteiger partial charge in [-0.1, -0.05) is 65.5 Å². The molecule has 0 aliphatic rings. The maximum atomic E-state index is 13.5. The summed E-state index contributed by atoms with van der Waals surface area (Å²) in [7, 11) is -3.93. The lowest BCUT2D eigenvalue weighted by molar-refractivity contribution is -0.139. The van der Waals surface area contributed by atoms with Gasteiger partial charge in [-0.2, -0.15) is 0 Å². The Balaban J connectivity index is 2.45. The third-order valence-corrected chi connectivity index (χ3v) is 7.47. The largest absolute Gasteiger partial charge is 0.354 e. The van der Waals surface area contributed by atoms with Gasteiger partial charge in [-0.15, -0.1) is 0 Å². The molecule has 2 aromatic carbocycles. The minimum Gasteiger partial charge on any atom is -0.354 e. The van der Waals surface area contributed by atoms with Gasteiger partial charge in [0.15, 0.2) is 0 Å². The topological polar surface area (TPSA) is 86.8 Å². The van der Waals surface area contributed by atoms with Crippen LogP contribution in [-0.4, -0.2) is 50.5 Å². The van der Waals surface area contributed by atoms with E-state index in [0.29, 0.717) is 28.6 Å². The third-order valence-electron chi connectivity index (χ3n) is 4.95. The number of nitrogens with zero attached hydrogens (tertiary/aromatic N) is 2. The lowest BCUT2D eigenvalue weighted by atomic mass is 10.1. The van der Waals surface area contributed by atoms with E-state index in [2.05, 4.69) is 5.32 Å². The number of anilines is 1. The molecule has 0 unspecified atom stereocenters. The fraction of sp³-hybridized carbons (Fsp3) is 0.364. The first-order valence-electron chi connectivity index (χ1n) is 10.3. The zero-order chi connectivity index (χ0) is 25.6. The molecular weight excluding hydrogens is 544 g/mol. The van der Waals surface area contributed by atoms with Gasteiger partial charge < -0.3 is 10.2 Å². The van der Waals surface area contributed by atoms with Gasteiger partial charge in [0.2, 0.25) is 21.8 Å². The van der Waals surface area contributed by atoms with Gasteiger partial charge in [0.05, 0.1) is 22.0 Å². The van der Waals surface area contributed by atoms with Gasteiger partial charge in [-0.25, -0.2) is 8.42 Å². The van der Waals surface area contributed by atoms with Crippen molar-refractivity contribution in [3.8, 4) is 0 Å². The molecule has 0 saturated heterocycles. The van der Waals surface area contributed by atoms with Gasteiger partial charge in [0.25, 0.3) is 0 Å². The predicted molar refractivity (Wildman–Crippen MR) is 138 cm³/mol. The van der Waals surface area contributed by atoms with Crippen molar-refractivity contribution in [3.63, 3.8) is 0 Å². The predicted octanol–water partition coefficient (Wildman–Crippen LogP) is 5.01. The molecule has 12 heteroatoms. The van der Waals surface area contributed by atoms with E-state index < -0.39 is 28.5 Å². The average molecular weight is 569 g/mol. The normalized spacial score (nSPS) is 12.2. The number of sulfonamides is 1. The van der Waals surface area contributed by atoms with Crippen LogP contribution in [0.4, 0.5) is 5.69 Å². The Kier molecular flexibility index (Phi) is 10.3. The highest BCUT2D eigenvalue weighted by Crippen LogP contribution is 2.34. The van der Waals surface area contributed by atoms with Crippen molar-refractivity contribution in [2.24, 2.45) is 0 Å². The van der Waals surface area contributed by atoms with Crippen LogP contribution in [0.25, 0.3) is 0 Å². The van der Waals surface area contributed by atoms with Crippen LogP contribution in [0.3, 0.4) is 0 Å². The Morgan fingerprint density at radius 2 is 1.74 bits per heavy atom. The highest BCUT2D eigenvalue weighted by Gasteiger charge is 2.31. The summed E-state index contributed by atoms with van der Waals surface area (Å²) in [5.74, 6) is -1.02. The molecule has 1 N–H and O–H groups in total. The Hall–Kier alpha value is -1.71. The minimum atomic E-state index is -3.93. The summed E-state index contributed by atoms with van der Waals surface area (Å²) in [6.07, 6.45) is 1.67. The number of benzene rings is 2. The number of halogens is 4. The van der Waals surface area contributed by atoms with E-state index in [-0.39, 0.29) is 28.2 Å². The smallest absolute Gasteiger partial charge is 0.244 e. The zero-order valence-corrected chi connectivity index (χ0v) is 22.7. The highest BCUT2D eigenvalue weighted by molar-refractivity contribution is 7.92. The Labute approximate surface area is 220 Å². The summed E-state index contributed by atoms with van der Waals surface area (Å²) in [4.78, 5) is 27.4. The van der Waals surface area contributed by atoms with Crippen molar-refractivity contribution >= 4 is 73.9 Å². The van der Waals surface area contributed by atoms with Crippen LogP contribution in [0.15, 0.2) is 36.4 Å². The van der Waals surface area contributed by atoms with E-state index in [0.717, 1.165) is 10.6 Å². The quantitative estimate of drug-likeness (QED) is 0.436. The molecule has 1 atom stereocenters. The molecule has 0 aliphatic carbocycles. The number of amides is 2. The monoisotopic (exact) mass is 567 g/mol. The van der Waals surface area contributed by atoms with Gasteiger partial charge in [0, 0.05) is 23.1 Å². The average Bonchev–Trinajstić information content (AvgIpc) is 2.76. The molecule has 0 saturated carbocycles. The molecule has 0 heterocycles. The molecule has 0 bridgehead atoms. The number of carbonyl (C=O) groups excluding carboxylic acids is 2.